The monoisotopic (exact) mass is 562 g/mol. The maximum Gasteiger partial charge on any atom is 0.253 e. The van der Waals surface area contributed by atoms with Gasteiger partial charge >= 0.3 is 0 Å². The molecule has 4 rings (SSSR count). The molecule has 2 aromatic carbocycles. The van der Waals surface area contributed by atoms with Crippen molar-refractivity contribution in [2.24, 2.45) is 10.9 Å². The van der Waals surface area contributed by atoms with E-state index in [0.717, 1.165) is 66.9 Å². The molecule has 2 fully saturated rings. The number of aliphatic imine (C=N–C) groups is 1. The van der Waals surface area contributed by atoms with Crippen LogP contribution in [0.25, 0.3) is 0 Å². The molecule has 7 heteroatoms. The average molecular weight is 562 g/mol. The Morgan fingerprint density at radius 1 is 1.00 bits per heavy atom. The minimum Gasteiger partial charge on any atom is -0.493 e. The summed E-state index contributed by atoms with van der Waals surface area (Å²) in [6.45, 7) is 3.83. The molecule has 2 N–H and O–H groups in total. The molecule has 1 saturated heterocycles. The van der Waals surface area contributed by atoms with Crippen molar-refractivity contribution in [3.63, 3.8) is 0 Å². The SMILES string of the molecule is CN=C(NCc1ccc(C(=O)N2CCCCC2)cc1)NCc1ccccc1OCC1CC1.I. The molecular formula is C26H35IN4O2. The second-order valence-electron chi connectivity index (χ2n) is 8.69. The Morgan fingerprint density at radius 3 is 2.39 bits per heavy atom. The Morgan fingerprint density at radius 2 is 1.70 bits per heavy atom. The Labute approximate surface area is 214 Å². The number of hydrogen-bond donors (Lipinski definition) is 2. The maximum atomic E-state index is 12.6. The summed E-state index contributed by atoms with van der Waals surface area (Å²) < 4.78 is 6.00. The van der Waals surface area contributed by atoms with E-state index >= 15 is 0 Å². The largest absolute Gasteiger partial charge is 0.493 e. The van der Waals surface area contributed by atoms with E-state index in [9.17, 15) is 4.79 Å². The Hall–Kier alpha value is -2.29. The van der Waals surface area contributed by atoms with E-state index in [4.69, 9.17) is 4.74 Å². The first-order valence-electron chi connectivity index (χ1n) is 11.8. The number of carbonyl (C=O) groups is 1. The van der Waals surface area contributed by atoms with Crippen molar-refractivity contribution < 1.29 is 9.53 Å². The van der Waals surface area contributed by atoms with Crippen LogP contribution in [0.15, 0.2) is 53.5 Å². The van der Waals surface area contributed by atoms with Crippen LogP contribution in [-0.4, -0.2) is 43.5 Å². The molecular weight excluding hydrogens is 527 g/mol. The van der Waals surface area contributed by atoms with Crippen LogP contribution in [0.1, 0.15) is 53.6 Å². The molecule has 0 spiro atoms. The highest BCUT2D eigenvalue weighted by Gasteiger charge is 2.22. The molecule has 1 saturated carbocycles. The first-order chi connectivity index (χ1) is 15.7. The number of piperidine rings is 1. The molecule has 1 aliphatic carbocycles. The van der Waals surface area contributed by atoms with Crippen LogP contribution in [-0.2, 0) is 13.1 Å². The van der Waals surface area contributed by atoms with Crippen molar-refractivity contribution in [2.45, 2.75) is 45.2 Å². The standard InChI is InChI=1S/C26H34N4O2.HI/c1-27-26(29-18-23-7-3-4-8-24(23)32-19-21-9-10-21)28-17-20-11-13-22(14-12-20)25(31)30-15-5-2-6-16-30;/h3-4,7-8,11-14,21H,2,5-6,9-10,15-19H2,1H3,(H2,27,28,29);1H. The Bertz CT molecular complexity index is 922. The minimum absolute atomic E-state index is 0. The van der Waals surface area contributed by atoms with Crippen LogP contribution in [0.2, 0.25) is 0 Å². The van der Waals surface area contributed by atoms with Gasteiger partial charge in [-0.2, -0.15) is 0 Å². The number of likely N-dealkylation sites (tertiary alicyclic amines) is 1. The van der Waals surface area contributed by atoms with E-state index in [1.807, 2.05) is 47.4 Å². The van der Waals surface area contributed by atoms with Gasteiger partial charge in [-0.25, -0.2) is 0 Å². The zero-order chi connectivity index (χ0) is 22.2. The number of nitrogens with zero attached hydrogens (tertiary/aromatic N) is 2. The highest BCUT2D eigenvalue weighted by atomic mass is 127. The molecule has 0 unspecified atom stereocenters. The first-order valence-corrected chi connectivity index (χ1v) is 11.8. The average Bonchev–Trinajstić information content (AvgIpc) is 3.68. The van der Waals surface area contributed by atoms with E-state index in [-0.39, 0.29) is 29.9 Å². The quantitative estimate of drug-likeness (QED) is 0.281. The predicted octanol–water partition coefficient (Wildman–Crippen LogP) is 4.58. The van der Waals surface area contributed by atoms with Crippen molar-refractivity contribution in [3.8, 4) is 5.75 Å². The van der Waals surface area contributed by atoms with E-state index < -0.39 is 0 Å². The summed E-state index contributed by atoms with van der Waals surface area (Å²) in [6, 6.07) is 16.0. The maximum absolute atomic E-state index is 12.6. The van der Waals surface area contributed by atoms with Gasteiger partial charge < -0.3 is 20.3 Å². The molecule has 0 atom stereocenters. The lowest BCUT2D eigenvalue weighted by molar-refractivity contribution is 0.0724. The van der Waals surface area contributed by atoms with Gasteiger partial charge in [-0.15, -0.1) is 24.0 Å². The highest BCUT2D eigenvalue weighted by Crippen LogP contribution is 2.30. The third kappa shape index (κ3) is 7.62. The lowest BCUT2D eigenvalue weighted by atomic mass is 10.1. The van der Waals surface area contributed by atoms with Crippen molar-refractivity contribution in [1.29, 1.82) is 0 Å². The molecule has 0 bridgehead atoms. The number of amides is 1. The second kappa shape index (κ2) is 12.8. The first kappa shape index (κ1) is 25.3. The molecule has 2 aliphatic rings. The third-order valence-electron chi connectivity index (χ3n) is 6.12. The van der Waals surface area contributed by atoms with Crippen LogP contribution in [0.4, 0.5) is 0 Å². The minimum atomic E-state index is 0. The Balaban J connectivity index is 0.00000306. The molecule has 178 valence electrons. The number of ether oxygens (including phenoxy) is 1. The summed E-state index contributed by atoms with van der Waals surface area (Å²) in [6.07, 6.45) is 6.01. The fraction of sp³-hybridized carbons (Fsp3) is 0.462. The van der Waals surface area contributed by atoms with Crippen molar-refractivity contribution in [2.75, 3.05) is 26.7 Å². The van der Waals surface area contributed by atoms with Gasteiger partial charge in [0.1, 0.15) is 5.75 Å². The molecule has 1 aliphatic heterocycles. The zero-order valence-electron chi connectivity index (χ0n) is 19.4. The molecule has 6 nitrogen and oxygen atoms in total. The molecule has 1 heterocycles. The normalized spacial score (nSPS) is 16.0. The second-order valence-corrected chi connectivity index (χ2v) is 8.69. The van der Waals surface area contributed by atoms with E-state index in [0.29, 0.717) is 13.1 Å². The van der Waals surface area contributed by atoms with E-state index in [1.54, 1.807) is 7.05 Å². The van der Waals surface area contributed by atoms with Crippen LogP contribution in [0.5, 0.6) is 5.75 Å². The van der Waals surface area contributed by atoms with Gasteiger partial charge in [0.2, 0.25) is 0 Å². The molecule has 0 radical (unpaired) electrons. The summed E-state index contributed by atoms with van der Waals surface area (Å²) in [5.41, 5.74) is 2.99. The topological polar surface area (TPSA) is 66.0 Å². The van der Waals surface area contributed by atoms with Crippen LogP contribution >= 0.6 is 24.0 Å². The number of hydrogen-bond acceptors (Lipinski definition) is 3. The van der Waals surface area contributed by atoms with Crippen LogP contribution < -0.4 is 15.4 Å². The number of guanidine groups is 1. The van der Waals surface area contributed by atoms with Crippen molar-refractivity contribution in [1.82, 2.24) is 15.5 Å². The summed E-state index contributed by atoms with van der Waals surface area (Å²) in [4.78, 5) is 18.9. The molecule has 1 amide bonds. The highest BCUT2D eigenvalue weighted by molar-refractivity contribution is 14.0. The van der Waals surface area contributed by atoms with Crippen molar-refractivity contribution in [3.05, 3.63) is 65.2 Å². The predicted molar refractivity (Wildman–Crippen MR) is 143 cm³/mol. The third-order valence-corrected chi connectivity index (χ3v) is 6.12. The van der Waals surface area contributed by atoms with Gasteiger partial charge in [-0.1, -0.05) is 30.3 Å². The van der Waals surface area contributed by atoms with Gasteiger partial charge in [-0.3, -0.25) is 9.79 Å². The van der Waals surface area contributed by atoms with Gasteiger partial charge in [-0.05, 0) is 61.8 Å². The number of carbonyl (C=O) groups excluding carboxylic acids is 1. The van der Waals surface area contributed by atoms with E-state index in [1.165, 1.54) is 19.3 Å². The van der Waals surface area contributed by atoms with Gasteiger partial charge in [0.05, 0.1) is 6.61 Å². The molecule has 33 heavy (non-hydrogen) atoms. The summed E-state index contributed by atoms with van der Waals surface area (Å²) in [5, 5.41) is 6.72. The summed E-state index contributed by atoms with van der Waals surface area (Å²) in [5.74, 6) is 2.54. The number of rotatable bonds is 8. The van der Waals surface area contributed by atoms with Gasteiger partial charge in [0, 0.05) is 44.4 Å². The number of para-hydroxylation sites is 1. The summed E-state index contributed by atoms with van der Waals surface area (Å²) >= 11 is 0. The zero-order valence-corrected chi connectivity index (χ0v) is 21.7. The smallest absolute Gasteiger partial charge is 0.253 e. The molecule has 0 aromatic heterocycles. The summed E-state index contributed by atoms with van der Waals surface area (Å²) in [7, 11) is 1.77. The number of benzene rings is 2. The van der Waals surface area contributed by atoms with Gasteiger partial charge in [0.15, 0.2) is 5.96 Å². The fourth-order valence-corrected chi connectivity index (χ4v) is 3.91. The Kier molecular flexibility index (Phi) is 9.84. The van der Waals surface area contributed by atoms with Crippen molar-refractivity contribution >= 4 is 35.8 Å². The lowest BCUT2D eigenvalue weighted by Gasteiger charge is -2.26. The number of halogens is 1. The van der Waals surface area contributed by atoms with Crippen LogP contribution in [0, 0.1) is 5.92 Å². The lowest BCUT2D eigenvalue weighted by Crippen LogP contribution is -2.36. The van der Waals surface area contributed by atoms with Crippen LogP contribution in [0.3, 0.4) is 0 Å². The molecule has 2 aromatic rings. The van der Waals surface area contributed by atoms with Gasteiger partial charge in [0.25, 0.3) is 5.91 Å². The number of nitrogens with one attached hydrogen (secondary N) is 2. The fourth-order valence-electron chi connectivity index (χ4n) is 3.91. The van der Waals surface area contributed by atoms with E-state index in [2.05, 4.69) is 21.7 Å².